The molecule has 674 valence electrons. The monoisotopic (exact) mass is 1770 g/mol. The van der Waals surface area contributed by atoms with Crippen LogP contribution in [-0.2, 0) is 12.4 Å². The van der Waals surface area contributed by atoms with E-state index in [9.17, 15) is 35.9 Å². The van der Waals surface area contributed by atoms with E-state index in [1.807, 2.05) is 155 Å². The van der Waals surface area contributed by atoms with E-state index in [1.54, 1.807) is 38.3 Å². The van der Waals surface area contributed by atoms with Crippen molar-refractivity contribution >= 4 is 49.4 Å². The van der Waals surface area contributed by atoms with Crippen molar-refractivity contribution in [1.82, 2.24) is 19.9 Å². The van der Waals surface area contributed by atoms with E-state index in [0.717, 1.165) is 154 Å². The maximum absolute atomic E-state index is 12.8. The fraction of sp³-hybridized carbons (Fsp3) is 0.250. The summed E-state index contributed by atoms with van der Waals surface area (Å²) in [4.78, 5) is 35.6. The van der Waals surface area contributed by atoms with Crippen LogP contribution in [0.15, 0.2) is 303 Å². The first-order valence-corrected chi connectivity index (χ1v) is 43.1. The zero-order chi connectivity index (χ0) is 93.4. The largest absolute Gasteiger partial charge is 0.497 e. The molecule has 0 saturated heterocycles. The van der Waals surface area contributed by atoms with Crippen LogP contribution in [0.5, 0.6) is 17.2 Å². The molecule has 0 bridgehead atoms. The second-order valence-electron chi connectivity index (χ2n) is 33.4. The predicted molar refractivity (Wildman–Crippen MR) is 504 cm³/mol. The number of aromatic nitrogens is 4. The average Bonchev–Trinajstić information content (AvgIpc) is 1.36. The van der Waals surface area contributed by atoms with Crippen LogP contribution in [0.3, 0.4) is 0 Å². The molecule has 16 nitrogen and oxygen atoms in total. The molecule has 22 heteroatoms. The number of Topliss-reactive ketones (excluding diaryl/α,β-unsaturated/α-hetero) is 1. The molecule has 0 aliphatic rings. The minimum Gasteiger partial charge on any atom is -0.497 e. The fourth-order valence-electron chi connectivity index (χ4n) is 13.9. The van der Waals surface area contributed by atoms with Crippen LogP contribution in [-0.4, -0.2) is 47.0 Å². The van der Waals surface area contributed by atoms with Crippen LogP contribution in [0.25, 0.3) is 123 Å². The standard InChI is InChI=1S/C18H18O2.C16H15NO.2C15H15F3O2.C15H15NO.C15H16O2.C14H14N2O2/c1-12(2)17-8-9-18(20-17)15-5-4-14-11-16(19-3)7-6-13(14)10-15;1-11(2)14-8-9-15(18-14)13-7-3-5-12-6-4-10-17-16(12)13;1-9(2)13-4-5-14(20-13)10-6-11(15(16,17)18)8-12(7-10)19-3;1-9(2)12-6-7-14(20-12)11-8-10(15(16,17)18)4-5-13(11)19-3;1-10(2)14-5-6-15(17-14)12-4-3-11-7-8-16-13(11)9-12;1-10(2)14-7-8-15(17-14)13-6-4-5-12(9-13)11(3)16;1-8(2)12-5-6-13(18-12)9-3-4-10-11(7-9)16-14(17)15-10/h4-12H,1-3H3;3-11H,1-2H3;2*4-9H,1-3H3;3-10,16H,1-2H3;4-10H,1-3H3;3-8H,1-2H3,(H2,15,16,17). The van der Waals surface area contributed by atoms with Crippen molar-refractivity contribution in [2.75, 3.05) is 21.3 Å². The predicted octanol–water partition coefficient (Wildman–Crippen LogP) is 32.1. The third kappa shape index (κ3) is 24.2. The highest BCUT2D eigenvalue weighted by atomic mass is 19.4. The number of para-hydroxylation sites is 1. The van der Waals surface area contributed by atoms with Crippen LogP contribution in [0.4, 0.5) is 26.3 Å². The van der Waals surface area contributed by atoms with Crippen molar-refractivity contribution in [2.45, 2.75) is 158 Å². The van der Waals surface area contributed by atoms with Crippen molar-refractivity contribution in [3.63, 3.8) is 0 Å². The Balaban J connectivity index is 0.000000137. The van der Waals surface area contributed by atoms with Gasteiger partial charge in [0.25, 0.3) is 0 Å². The number of nitrogens with zero attached hydrogens (tertiary/aromatic N) is 1. The number of halogens is 6. The Kier molecular flexibility index (Phi) is 30.8. The summed E-state index contributed by atoms with van der Waals surface area (Å²) in [5.41, 5.74) is 8.61. The number of furan rings is 7. The molecule has 10 heterocycles. The molecule has 0 radical (unpaired) electrons. The molecule has 3 N–H and O–H groups in total. The molecule has 0 aliphatic carbocycles. The van der Waals surface area contributed by atoms with Gasteiger partial charge < -0.3 is 60.1 Å². The lowest BCUT2D eigenvalue weighted by molar-refractivity contribution is -0.138. The van der Waals surface area contributed by atoms with Gasteiger partial charge in [0.2, 0.25) is 0 Å². The van der Waals surface area contributed by atoms with E-state index in [4.69, 9.17) is 45.1 Å². The molecule has 0 spiro atoms. The van der Waals surface area contributed by atoms with Crippen molar-refractivity contribution < 1.29 is 76.3 Å². The number of carbonyl (C=O) groups excluding carboxylic acids is 1. The number of H-pyrrole nitrogens is 3. The highest BCUT2D eigenvalue weighted by molar-refractivity contribution is 5.95. The van der Waals surface area contributed by atoms with Gasteiger partial charge in [0.1, 0.15) is 97.9 Å². The third-order valence-electron chi connectivity index (χ3n) is 21.3. The first kappa shape index (κ1) is 95.0. The van der Waals surface area contributed by atoms with Gasteiger partial charge in [-0.25, -0.2) is 4.79 Å². The number of pyridine rings is 1. The molecule has 10 aromatic heterocycles. The lowest BCUT2D eigenvalue weighted by atomic mass is 10.1. The van der Waals surface area contributed by atoms with E-state index in [1.165, 1.54) is 42.5 Å². The van der Waals surface area contributed by atoms with Crippen molar-refractivity contribution in [3.05, 3.63) is 335 Å². The molecule has 18 rings (SSSR count). The van der Waals surface area contributed by atoms with Crippen LogP contribution in [0, 0.1) is 0 Å². The Bertz CT molecular complexity index is 6830. The van der Waals surface area contributed by atoms with Crippen LogP contribution in [0.1, 0.15) is 207 Å². The number of imidazole rings is 1. The summed E-state index contributed by atoms with van der Waals surface area (Å²) in [6, 6.07) is 78.2. The molecule has 0 saturated carbocycles. The molecule has 0 atom stereocenters. The summed E-state index contributed by atoms with van der Waals surface area (Å²) < 4.78 is 133. The molecule has 18 aromatic rings. The van der Waals surface area contributed by atoms with Gasteiger partial charge >= 0.3 is 18.0 Å². The minimum absolute atomic E-state index is 0.0717. The Hall–Kier alpha value is -14.2. The highest BCUT2D eigenvalue weighted by Crippen LogP contribution is 2.42. The van der Waals surface area contributed by atoms with Crippen molar-refractivity contribution in [1.29, 1.82) is 0 Å². The summed E-state index contributed by atoms with van der Waals surface area (Å²) in [5.74, 6) is 15.4. The normalized spacial score (nSPS) is 11.5. The molecule has 0 aliphatic heterocycles. The molecule has 0 amide bonds. The van der Waals surface area contributed by atoms with Gasteiger partial charge in [0, 0.05) is 104 Å². The number of aromatic amines is 3. The fourth-order valence-corrected chi connectivity index (χ4v) is 13.9. The maximum Gasteiger partial charge on any atom is 0.416 e. The summed E-state index contributed by atoms with van der Waals surface area (Å²) in [7, 11) is 4.44. The topological polar surface area (TPSA) is 214 Å². The van der Waals surface area contributed by atoms with E-state index < -0.39 is 23.5 Å². The molecule has 0 fully saturated rings. The van der Waals surface area contributed by atoms with Crippen molar-refractivity contribution in [2.24, 2.45) is 0 Å². The maximum atomic E-state index is 12.8. The summed E-state index contributed by atoms with van der Waals surface area (Å²) >= 11 is 0. The van der Waals surface area contributed by atoms with Gasteiger partial charge in [-0.3, -0.25) is 9.78 Å². The van der Waals surface area contributed by atoms with Gasteiger partial charge in [0.05, 0.1) is 54.6 Å². The number of rotatable bonds is 18. The number of methoxy groups -OCH3 is 3. The lowest BCUT2D eigenvalue weighted by Crippen LogP contribution is -2.05. The molecule has 8 aromatic carbocycles. The second kappa shape index (κ2) is 42.2. The Morgan fingerprint density at radius 2 is 0.754 bits per heavy atom. The summed E-state index contributed by atoms with van der Waals surface area (Å²) in [5, 5.41) is 4.72. The lowest BCUT2D eigenvalue weighted by Gasteiger charge is -2.11. The number of alkyl halides is 6. The van der Waals surface area contributed by atoms with Gasteiger partial charge in [-0.15, -0.1) is 0 Å². The zero-order valence-electron chi connectivity index (χ0n) is 76.1. The van der Waals surface area contributed by atoms with Gasteiger partial charge in [0.15, 0.2) is 5.78 Å². The summed E-state index contributed by atoms with van der Waals surface area (Å²) in [6.07, 6.45) is -5.04. The number of fused-ring (bicyclic) bond motifs is 4. The van der Waals surface area contributed by atoms with E-state index >= 15 is 0 Å². The van der Waals surface area contributed by atoms with Crippen LogP contribution >= 0.6 is 0 Å². The Morgan fingerprint density at radius 3 is 1.24 bits per heavy atom. The zero-order valence-corrected chi connectivity index (χ0v) is 76.1. The molecule has 130 heavy (non-hydrogen) atoms. The third-order valence-corrected chi connectivity index (χ3v) is 21.3. The van der Waals surface area contributed by atoms with E-state index in [2.05, 4.69) is 168 Å². The number of carbonyl (C=O) groups is 1. The number of ketones is 1. The highest BCUT2D eigenvalue weighted by Gasteiger charge is 2.33. The Morgan fingerprint density at radius 1 is 0.331 bits per heavy atom. The van der Waals surface area contributed by atoms with E-state index in [0.29, 0.717) is 63.5 Å². The number of nitrogens with one attached hydrogen (secondary N) is 3. The summed E-state index contributed by atoms with van der Waals surface area (Å²) in [6.45, 7) is 30.5. The second-order valence-corrected chi connectivity index (χ2v) is 33.4. The first-order valence-electron chi connectivity index (χ1n) is 43.1. The molecular weight excluding hydrogens is 1660 g/mol. The number of hydrogen-bond acceptors (Lipinski definition) is 13. The molecule has 0 unspecified atom stereocenters. The van der Waals surface area contributed by atoms with Crippen molar-refractivity contribution in [3.8, 4) is 96.5 Å². The number of benzene rings is 8. The van der Waals surface area contributed by atoms with E-state index in [-0.39, 0.29) is 29.1 Å². The minimum atomic E-state index is -4.42. The van der Waals surface area contributed by atoms with Crippen LogP contribution < -0.4 is 19.9 Å². The first-order chi connectivity index (χ1) is 62.0. The SMILES string of the molecule is CC(=O)c1cccc(-c2ccc(C(C)C)o2)c1.CC(C)c1ccc(-c2ccc3[nH]c(=O)[nH]c3c2)o1.CC(C)c1ccc(-c2ccc3cc[nH]c3c2)o1.CC(C)c1ccc(-c2cccc3cccnc23)o1.COc1cc(-c2ccc(C(C)C)o2)cc(C(F)(F)F)c1.COc1ccc(C(F)(F)F)cc1-c1ccc(C(C)C)o1.COc1ccc2cc(-c3ccc(C(C)C)o3)ccc2c1. The van der Waals surface area contributed by atoms with Crippen LogP contribution in [0.2, 0.25) is 0 Å². The van der Waals surface area contributed by atoms with Gasteiger partial charge in [-0.1, -0.05) is 164 Å². The molecular formula is C108H108F6N4O12. The van der Waals surface area contributed by atoms with Gasteiger partial charge in [-0.2, -0.15) is 26.3 Å². The number of ether oxygens (including phenoxy) is 3. The quantitative estimate of drug-likeness (QED) is 0.0539. The van der Waals surface area contributed by atoms with Gasteiger partial charge in [-0.05, 0) is 211 Å². The Labute approximate surface area is 751 Å². The average molecular weight is 1770 g/mol. The smallest absolute Gasteiger partial charge is 0.416 e. The number of hydrogen-bond donors (Lipinski definition) is 3.